The van der Waals surface area contributed by atoms with Crippen LogP contribution in [0.25, 0.3) is 0 Å². The summed E-state index contributed by atoms with van der Waals surface area (Å²) in [6, 6.07) is 4.92. The van der Waals surface area contributed by atoms with Crippen LogP contribution < -0.4 is 5.32 Å². The second-order valence-electron chi connectivity index (χ2n) is 8.31. The van der Waals surface area contributed by atoms with Crippen molar-refractivity contribution in [2.45, 2.75) is 41.8 Å². The lowest BCUT2D eigenvalue weighted by molar-refractivity contribution is -0.140. The fourth-order valence-corrected chi connectivity index (χ4v) is 7.38. The van der Waals surface area contributed by atoms with Gasteiger partial charge in [-0.2, -0.15) is 0 Å². The first-order valence-corrected chi connectivity index (χ1v) is 12.8. The highest BCUT2D eigenvalue weighted by Gasteiger charge is 2.66. The van der Waals surface area contributed by atoms with Gasteiger partial charge in [-0.25, -0.2) is 0 Å². The third-order valence-electron chi connectivity index (χ3n) is 6.57. The first-order valence-electron chi connectivity index (χ1n) is 10.2. The largest absolute Gasteiger partial charge is 0.325 e. The van der Waals surface area contributed by atoms with Crippen molar-refractivity contribution in [3.8, 4) is 0 Å². The molecule has 5 nitrogen and oxygen atoms in total. The first-order chi connectivity index (χ1) is 14.3. The topological polar surface area (TPSA) is 66.5 Å². The molecule has 1 aromatic carbocycles. The Bertz CT molecular complexity index is 852. The van der Waals surface area contributed by atoms with Crippen molar-refractivity contribution in [1.82, 2.24) is 4.90 Å². The number of nitrogens with one attached hydrogen (secondary N) is 1. The molecule has 3 amide bonds. The van der Waals surface area contributed by atoms with Crippen LogP contribution >= 0.6 is 55.1 Å². The molecule has 3 aliphatic rings. The molecule has 0 spiro atoms. The zero-order valence-corrected chi connectivity index (χ0v) is 20.8. The van der Waals surface area contributed by atoms with Gasteiger partial charge in [-0.1, -0.05) is 61.5 Å². The van der Waals surface area contributed by atoms with Crippen LogP contribution in [0.3, 0.4) is 0 Å². The van der Waals surface area contributed by atoms with E-state index < -0.39 is 0 Å². The molecule has 0 radical (unpaired) electrons. The molecule has 30 heavy (non-hydrogen) atoms. The van der Waals surface area contributed by atoms with Gasteiger partial charge >= 0.3 is 0 Å². The Kier molecular flexibility index (Phi) is 6.83. The number of hydrogen-bond donors (Lipinski definition) is 1. The highest BCUT2D eigenvalue weighted by molar-refractivity contribution is 9.12. The molecule has 4 rings (SSSR count). The number of halogens is 4. The summed E-state index contributed by atoms with van der Waals surface area (Å²) in [5.41, 5.74) is 0.499. The van der Waals surface area contributed by atoms with Crippen molar-refractivity contribution < 1.29 is 14.4 Å². The van der Waals surface area contributed by atoms with Gasteiger partial charge in [0.25, 0.3) is 0 Å². The molecular formula is C21H22Br2Cl2N2O3. The summed E-state index contributed by atoms with van der Waals surface area (Å²) in [5, 5.41) is 3.71. The molecule has 1 aromatic rings. The van der Waals surface area contributed by atoms with Gasteiger partial charge in [0.2, 0.25) is 17.7 Å². The van der Waals surface area contributed by atoms with Crippen LogP contribution in [-0.2, 0) is 14.4 Å². The number of benzene rings is 1. The molecule has 1 N–H and O–H groups in total. The van der Waals surface area contributed by atoms with Crippen molar-refractivity contribution in [2.75, 3.05) is 11.9 Å². The van der Waals surface area contributed by atoms with Crippen molar-refractivity contribution >= 4 is 78.5 Å². The molecule has 1 heterocycles. The summed E-state index contributed by atoms with van der Waals surface area (Å²) < 4.78 is 0. The Balaban J connectivity index is 1.22. The highest BCUT2D eigenvalue weighted by Crippen LogP contribution is 2.60. The van der Waals surface area contributed by atoms with Gasteiger partial charge in [0, 0.05) is 27.6 Å². The average molecular weight is 581 g/mol. The molecule has 2 bridgehead atoms. The summed E-state index contributed by atoms with van der Waals surface area (Å²) in [5.74, 6) is 0.0261. The summed E-state index contributed by atoms with van der Waals surface area (Å²) in [4.78, 5) is 39.8. The van der Waals surface area contributed by atoms with Gasteiger partial charge in [0.1, 0.15) is 0 Å². The van der Waals surface area contributed by atoms with Gasteiger partial charge in [-0.05, 0) is 49.3 Å². The fraction of sp³-hybridized carbons (Fsp3) is 0.571. The van der Waals surface area contributed by atoms with Crippen LogP contribution in [0.2, 0.25) is 10.0 Å². The van der Waals surface area contributed by atoms with E-state index in [2.05, 4.69) is 37.2 Å². The average Bonchev–Trinajstić information content (AvgIpc) is 3.30. The molecule has 0 aromatic heterocycles. The minimum atomic E-state index is -0.158. The van der Waals surface area contributed by atoms with Gasteiger partial charge in [0.15, 0.2) is 0 Å². The van der Waals surface area contributed by atoms with Crippen LogP contribution in [0.4, 0.5) is 5.69 Å². The maximum atomic E-state index is 12.9. The molecule has 2 saturated carbocycles. The lowest BCUT2D eigenvalue weighted by Crippen LogP contribution is -2.37. The van der Waals surface area contributed by atoms with E-state index in [4.69, 9.17) is 23.2 Å². The number of fused-ring (bicyclic) bond motifs is 5. The van der Waals surface area contributed by atoms with E-state index in [1.165, 1.54) is 4.90 Å². The normalized spacial score (nSPS) is 32.1. The van der Waals surface area contributed by atoms with Crippen LogP contribution in [0.1, 0.15) is 32.1 Å². The number of anilines is 1. The fourth-order valence-electron chi connectivity index (χ4n) is 5.17. The number of carbonyl (C=O) groups is 3. The van der Waals surface area contributed by atoms with Crippen LogP contribution in [0.15, 0.2) is 18.2 Å². The smallest absolute Gasteiger partial charge is 0.233 e. The predicted molar refractivity (Wildman–Crippen MR) is 124 cm³/mol. The number of alkyl halides is 2. The second kappa shape index (κ2) is 9.08. The summed E-state index contributed by atoms with van der Waals surface area (Å²) in [6.45, 7) is 0.436. The maximum Gasteiger partial charge on any atom is 0.233 e. The van der Waals surface area contributed by atoms with Crippen molar-refractivity contribution in [3.63, 3.8) is 0 Å². The third-order valence-corrected chi connectivity index (χ3v) is 10.3. The van der Waals surface area contributed by atoms with E-state index in [9.17, 15) is 14.4 Å². The lowest BCUT2D eigenvalue weighted by Gasteiger charge is -2.28. The van der Waals surface area contributed by atoms with Crippen LogP contribution in [-0.4, -0.2) is 38.8 Å². The zero-order chi connectivity index (χ0) is 21.6. The van der Waals surface area contributed by atoms with E-state index in [-0.39, 0.29) is 51.0 Å². The molecule has 1 aliphatic heterocycles. The van der Waals surface area contributed by atoms with E-state index in [1.807, 2.05) is 0 Å². The number of nitrogens with zero attached hydrogens (tertiary/aromatic N) is 1. The van der Waals surface area contributed by atoms with E-state index in [1.54, 1.807) is 18.2 Å². The van der Waals surface area contributed by atoms with E-state index in [0.29, 0.717) is 41.5 Å². The van der Waals surface area contributed by atoms with Gasteiger partial charge in [0.05, 0.1) is 22.5 Å². The predicted octanol–water partition coefficient (Wildman–Crippen LogP) is 5.27. The monoisotopic (exact) mass is 578 g/mol. The van der Waals surface area contributed by atoms with Crippen LogP contribution in [0, 0.1) is 23.7 Å². The Morgan fingerprint density at radius 2 is 1.67 bits per heavy atom. The Morgan fingerprint density at radius 1 is 1.03 bits per heavy atom. The number of carbonyl (C=O) groups excluding carboxylic acids is 3. The van der Waals surface area contributed by atoms with Crippen molar-refractivity contribution in [1.29, 1.82) is 0 Å². The lowest BCUT2D eigenvalue weighted by atomic mass is 9.81. The zero-order valence-electron chi connectivity index (χ0n) is 16.1. The number of amides is 3. The number of unbranched alkanes of at least 4 members (excludes halogenated alkanes) is 2. The van der Waals surface area contributed by atoms with Crippen molar-refractivity contribution in [2.24, 2.45) is 23.7 Å². The second-order valence-corrected chi connectivity index (χ2v) is 11.3. The minimum Gasteiger partial charge on any atom is -0.325 e. The number of rotatable bonds is 7. The molecule has 1 saturated heterocycles. The number of hydrogen-bond acceptors (Lipinski definition) is 3. The van der Waals surface area contributed by atoms with Crippen molar-refractivity contribution in [3.05, 3.63) is 28.2 Å². The quantitative estimate of drug-likeness (QED) is 0.271. The van der Waals surface area contributed by atoms with E-state index in [0.717, 1.165) is 12.8 Å². The first kappa shape index (κ1) is 22.6. The molecule has 0 unspecified atom stereocenters. The summed E-state index contributed by atoms with van der Waals surface area (Å²) >= 11 is 19.4. The number of imide groups is 1. The Hall–Kier alpha value is -0.630. The molecule has 162 valence electrons. The van der Waals surface area contributed by atoms with Gasteiger partial charge in [-0.3, -0.25) is 19.3 Å². The van der Waals surface area contributed by atoms with E-state index >= 15 is 0 Å². The standard InChI is InChI=1S/C21H22Br2Cl2N2O3/c22-18-11-9-12(19(18)23)17-16(11)20(29)27(21(17)30)7-3-1-2-4-15(28)26-14-8-10(24)5-6-13(14)25/h5-6,8,11-12,16-19H,1-4,7,9H2,(H,26,28)/t11-,12-,16-,17-,18+,19+/m1/s1. The SMILES string of the molecule is O=C(CCCCCN1C(=O)[C@@H]2[C@H]3C[C@@H]([C@H](Br)[C@H]3Br)[C@H]2C1=O)Nc1cc(Cl)ccc1Cl. The van der Waals surface area contributed by atoms with Gasteiger partial charge in [-0.15, -0.1) is 0 Å². The van der Waals surface area contributed by atoms with Crippen LogP contribution in [0.5, 0.6) is 0 Å². The number of likely N-dealkylation sites (tertiary alicyclic amines) is 1. The minimum absolute atomic E-state index is 0.00492. The molecule has 6 atom stereocenters. The molecular weight excluding hydrogens is 559 g/mol. The maximum absolute atomic E-state index is 12.9. The van der Waals surface area contributed by atoms with Gasteiger partial charge < -0.3 is 5.32 Å². The Labute approximate surface area is 202 Å². The Morgan fingerprint density at radius 3 is 2.30 bits per heavy atom. The summed E-state index contributed by atoms with van der Waals surface area (Å²) in [7, 11) is 0. The molecule has 3 fully saturated rings. The summed E-state index contributed by atoms with van der Waals surface area (Å²) in [6.07, 6.45) is 3.42. The highest BCUT2D eigenvalue weighted by atomic mass is 79.9. The molecule has 2 aliphatic carbocycles. The third kappa shape index (κ3) is 4.07. The molecule has 9 heteroatoms.